The van der Waals surface area contributed by atoms with Crippen LogP contribution in [0.15, 0.2) is 0 Å². The molecule has 0 spiro atoms. The van der Waals surface area contributed by atoms with Gasteiger partial charge in [-0.1, -0.05) is 26.2 Å². The van der Waals surface area contributed by atoms with E-state index >= 15 is 0 Å². The summed E-state index contributed by atoms with van der Waals surface area (Å²) in [5.41, 5.74) is 5.78. The molecule has 20 heavy (non-hydrogen) atoms. The van der Waals surface area contributed by atoms with Crippen molar-refractivity contribution in [2.24, 2.45) is 17.6 Å². The van der Waals surface area contributed by atoms with Gasteiger partial charge in [-0.15, -0.1) is 0 Å². The first-order valence-electron chi connectivity index (χ1n) is 8.25. The predicted molar refractivity (Wildman–Crippen MR) is 80.1 cm³/mol. The molecule has 2 unspecified atom stereocenters. The summed E-state index contributed by atoms with van der Waals surface area (Å²) in [6, 6.07) is -0.0178. The van der Waals surface area contributed by atoms with E-state index in [1.54, 1.807) is 0 Å². The number of nitrogens with two attached hydrogens (primary N) is 1. The molecule has 2 aliphatic rings. The summed E-state index contributed by atoms with van der Waals surface area (Å²) < 4.78 is 0. The lowest BCUT2D eigenvalue weighted by Gasteiger charge is -2.40. The van der Waals surface area contributed by atoms with Gasteiger partial charge in [-0.25, -0.2) is 0 Å². The molecule has 0 heterocycles. The SMILES string of the molecule is CC1CCC(CO)(NC(=O)C2CCCCCC2N)CC1. The highest BCUT2D eigenvalue weighted by Crippen LogP contribution is 2.32. The summed E-state index contributed by atoms with van der Waals surface area (Å²) in [7, 11) is 0. The summed E-state index contributed by atoms with van der Waals surface area (Å²) in [5, 5.41) is 12.9. The molecule has 0 aromatic rings. The Morgan fingerprint density at radius 3 is 2.50 bits per heavy atom. The number of carbonyl (C=O) groups is 1. The molecule has 0 bridgehead atoms. The standard InChI is InChI=1S/C16H30N2O2/c1-12-7-9-16(11-19,10-8-12)18-15(20)13-5-3-2-4-6-14(13)17/h12-14,19H,2-11,17H2,1H3,(H,18,20). The number of hydrogen-bond acceptors (Lipinski definition) is 3. The van der Waals surface area contributed by atoms with E-state index in [1.165, 1.54) is 6.42 Å². The van der Waals surface area contributed by atoms with Gasteiger partial charge in [0.25, 0.3) is 0 Å². The van der Waals surface area contributed by atoms with Gasteiger partial charge in [0, 0.05) is 6.04 Å². The minimum Gasteiger partial charge on any atom is -0.394 e. The van der Waals surface area contributed by atoms with Crippen molar-refractivity contribution >= 4 is 5.91 Å². The highest BCUT2D eigenvalue weighted by molar-refractivity contribution is 5.80. The predicted octanol–water partition coefficient (Wildman–Crippen LogP) is 1.95. The molecule has 0 aliphatic heterocycles. The highest BCUT2D eigenvalue weighted by Gasteiger charge is 2.37. The first-order valence-corrected chi connectivity index (χ1v) is 8.25. The summed E-state index contributed by atoms with van der Waals surface area (Å²) >= 11 is 0. The fourth-order valence-electron chi connectivity index (χ4n) is 3.65. The van der Waals surface area contributed by atoms with E-state index in [4.69, 9.17) is 5.73 Å². The summed E-state index contributed by atoms with van der Waals surface area (Å²) in [6.45, 7) is 2.29. The van der Waals surface area contributed by atoms with Crippen molar-refractivity contribution in [2.75, 3.05) is 6.61 Å². The molecule has 2 rings (SSSR count). The molecule has 2 atom stereocenters. The van der Waals surface area contributed by atoms with Crippen molar-refractivity contribution in [3.63, 3.8) is 0 Å². The van der Waals surface area contributed by atoms with Gasteiger partial charge in [0.05, 0.1) is 18.1 Å². The number of amides is 1. The van der Waals surface area contributed by atoms with Crippen LogP contribution in [0.1, 0.15) is 64.7 Å². The van der Waals surface area contributed by atoms with Crippen LogP contribution in [-0.4, -0.2) is 29.2 Å². The van der Waals surface area contributed by atoms with Crippen LogP contribution in [-0.2, 0) is 4.79 Å². The van der Waals surface area contributed by atoms with E-state index in [0.717, 1.165) is 51.4 Å². The second-order valence-electron chi connectivity index (χ2n) is 7.02. The van der Waals surface area contributed by atoms with E-state index in [1.807, 2.05) is 0 Å². The van der Waals surface area contributed by atoms with Crippen LogP contribution in [0.4, 0.5) is 0 Å². The Balaban J connectivity index is 1.97. The van der Waals surface area contributed by atoms with Crippen molar-refractivity contribution in [2.45, 2.75) is 76.3 Å². The van der Waals surface area contributed by atoms with E-state index in [2.05, 4.69) is 12.2 Å². The number of hydrogen-bond donors (Lipinski definition) is 3. The number of carbonyl (C=O) groups excluding carboxylic acids is 1. The van der Waals surface area contributed by atoms with Crippen LogP contribution < -0.4 is 11.1 Å². The second-order valence-corrected chi connectivity index (χ2v) is 7.02. The maximum Gasteiger partial charge on any atom is 0.225 e. The molecule has 2 saturated carbocycles. The van der Waals surface area contributed by atoms with E-state index in [-0.39, 0.29) is 24.5 Å². The molecule has 0 saturated heterocycles. The lowest BCUT2D eigenvalue weighted by molar-refractivity contribution is -0.129. The fraction of sp³-hybridized carbons (Fsp3) is 0.938. The monoisotopic (exact) mass is 282 g/mol. The molecule has 0 aromatic heterocycles. The molecule has 1 amide bonds. The van der Waals surface area contributed by atoms with Crippen molar-refractivity contribution in [1.82, 2.24) is 5.32 Å². The Morgan fingerprint density at radius 1 is 1.20 bits per heavy atom. The van der Waals surface area contributed by atoms with E-state index in [0.29, 0.717) is 5.92 Å². The molecule has 0 radical (unpaired) electrons. The smallest absolute Gasteiger partial charge is 0.225 e. The average Bonchev–Trinajstić information content (AvgIpc) is 2.66. The van der Waals surface area contributed by atoms with Gasteiger partial charge < -0.3 is 16.2 Å². The Kier molecular flexibility index (Phi) is 5.44. The average molecular weight is 282 g/mol. The highest BCUT2D eigenvalue weighted by atomic mass is 16.3. The lowest BCUT2D eigenvalue weighted by Crippen LogP contribution is -2.56. The van der Waals surface area contributed by atoms with Crippen LogP contribution in [0.25, 0.3) is 0 Å². The largest absolute Gasteiger partial charge is 0.394 e. The quantitative estimate of drug-likeness (QED) is 0.693. The number of aliphatic hydroxyl groups is 1. The van der Waals surface area contributed by atoms with Crippen molar-refractivity contribution in [1.29, 1.82) is 0 Å². The fourth-order valence-corrected chi connectivity index (χ4v) is 3.65. The molecule has 2 fully saturated rings. The number of nitrogens with one attached hydrogen (secondary N) is 1. The Hall–Kier alpha value is -0.610. The normalized spacial score (nSPS) is 39.0. The third-order valence-electron chi connectivity index (χ3n) is 5.33. The van der Waals surface area contributed by atoms with E-state index in [9.17, 15) is 9.90 Å². The Morgan fingerprint density at radius 2 is 1.85 bits per heavy atom. The van der Waals surface area contributed by atoms with Gasteiger partial charge in [0.2, 0.25) is 5.91 Å². The molecule has 0 aromatic carbocycles. The zero-order chi connectivity index (χ0) is 14.6. The van der Waals surface area contributed by atoms with Gasteiger partial charge >= 0.3 is 0 Å². The minimum absolute atomic E-state index is 0.0178. The number of aliphatic hydroxyl groups excluding tert-OH is 1. The molecule has 2 aliphatic carbocycles. The van der Waals surface area contributed by atoms with Crippen LogP contribution in [0.5, 0.6) is 0 Å². The Labute approximate surface area is 122 Å². The molecule has 116 valence electrons. The Bertz CT molecular complexity index is 324. The maximum atomic E-state index is 12.6. The van der Waals surface area contributed by atoms with Crippen LogP contribution in [0, 0.1) is 11.8 Å². The molecular weight excluding hydrogens is 252 g/mol. The summed E-state index contributed by atoms with van der Waals surface area (Å²) in [5.74, 6) is 0.704. The van der Waals surface area contributed by atoms with Gasteiger partial charge in [-0.3, -0.25) is 4.79 Å². The van der Waals surface area contributed by atoms with Crippen LogP contribution in [0.2, 0.25) is 0 Å². The molecule has 4 nitrogen and oxygen atoms in total. The zero-order valence-corrected chi connectivity index (χ0v) is 12.7. The van der Waals surface area contributed by atoms with Crippen molar-refractivity contribution in [3.8, 4) is 0 Å². The maximum absolute atomic E-state index is 12.6. The molecular formula is C16H30N2O2. The second kappa shape index (κ2) is 6.90. The van der Waals surface area contributed by atoms with Crippen molar-refractivity contribution in [3.05, 3.63) is 0 Å². The van der Waals surface area contributed by atoms with Crippen LogP contribution >= 0.6 is 0 Å². The van der Waals surface area contributed by atoms with Gasteiger partial charge in [-0.05, 0) is 44.4 Å². The molecule has 4 N–H and O–H groups in total. The molecule has 4 heteroatoms. The van der Waals surface area contributed by atoms with Crippen molar-refractivity contribution < 1.29 is 9.90 Å². The summed E-state index contributed by atoms with van der Waals surface area (Å²) in [6.07, 6.45) is 9.18. The lowest BCUT2D eigenvalue weighted by atomic mass is 9.77. The first-order chi connectivity index (χ1) is 9.56. The summed E-state index contributed by atoms with van der Waals surface area (Å²) in [4.78, 5) is 12.6. The third kappa shape index (κ3) is 3.73. The van der Waals surface area contributed by atoms with Gasteiger partial charge in [0.1, 0.15) is 0 Å². The zero-order valence-electron chi connectivity index (χ0n) is 12.7. The first kappa shape index (κ1) is 15.8. The van der Waals surface area contributed by atoms with Gasteiger partial charge in [-0.2, -0.15) is 0 Å². The van der Waals surface area contributed by atoms with Crippen LogP contribution in [0.3, 0.4) is 0 Å². The topological polar surface area (TPSA) is 75.3 Å². The third-order valence-corrected chi connectivity index (χ3v) is 5.33. The van der Waals surface area contributed by atoms with Gasteiger partial charge in [0.15, 0.2) is 0 Å². The number of rotatable bonds is 3. The minimum atomic E-state index is -0.393. The van der Waals surface area contributed by atoms with E-state index < -0.39 is 5.54 Å².